The Morgan fingerprint density at radius 2 is 2.32 bits per heavy atom. The van der Waals surface area contributed by atoms with Gasteiger partial charge >= 0.3 is 0 Å². The van der Waals surface area contributed by atoms with Crippen LogP contribution in [0, 0.1) is 0 Å². The van der Waals surface area contributed by atoms with Gasteiger partial charge in [0.05, 0.1) is 23.8 Å². The number of hydrogen-bond donors (Lipinski definition) is 0. The topological polar surface area (TPSA) is 55.5 Å². The van der Waals surface area contributed by atoms with Gasteiger partial charge in [0.15, 0.2) is 4.60 Å². The third-order valence-corrected chi connectivity index (χ3v) is 3.20. The molecule has 6 nitrogen and oxygen atoms in total. The highest BCUT2D eigenvalue weighted by molar-refractivity contribution is 9.10. The molecule has 0 bridgehead atoms. The first kappa shape index (κ1) is 13.5. The number of aromatic nitrogens is 3. The molecule has 2 aromatic rings. The summed E-state index contributed by atoms with van der Waals surface area (Å²) in [6.45, 7) is 1.86. The summed E-state index contributed by atoms with van der Waals surface area (Å²) < 4.78 is 2.48. The van der Waals surface area contributed by atoms with Crippen molar-refractivity contribution in [2.75, 3.05) is 19.1 Å². The minimum Gasteiger partial charge on any atom is -0.398 e. The van der Waals surface area contributed by atoms with Crippen LogP contribution in [0.2, 0.25) is 0 Å². The van der Waals surface area contributed by atoms with Crippen molar-refractivity contribution >= 4 is 27.5 Å². The molecule has 0 amide bonds. The summed E-state index contributed by atoms with van der Waals surface area (Å²) in [6.07, 6.45) is 5.37. The number of halogens is 1. The molecule has 0 spiro atoms. The highest BCUT2D eigenvalue weighted by Gasteiger charge is 2.14. The van der Waals surface area contributed by atoms with E-state index in [-0.39, 0.29) is 0 Å². The largest absolute Gasteiger partial charge is 0.398 e. The van der Waals surface area contributed by atoms with Crippen molar-refractivity contribution < 1.29 is 4.84 Å². The van der Waals surface area contributed by atoms with Crippen molar-refractivity contribution in [2.45, 2.75) is 6.92 Å². The van der Waals surface area contributed by atoms with Crippen molar-refractivity contribution in [3.8, 4) is 5.69 Å². The van der Waals surface area contributed by atoms with E-state index >= 15 is 0 Å². The Bertz CT molecular complexity index is 581. The Morgan fingerprint density at radius 1 is 1.53 bits per heavy atom. The number of oxime groups is 1. The number of anilines is 1. The summed E-state index contributed by atoms with van der Waals surface area (Å²) >= 11 is 3.44. The minimum absolute atomic E-state index is 0.726. The molecule has 2 rings (SSSR count). The van der Waals surface area contributed by atoms with E-state index in [1.54, 1.807) is 17.1 Å². The van der Waals surface area contributed by atoms with E-state index in [0.29, 0.717) is 0 Å². The fourth-order valence-electron chi connectivity index (χ4n) is 1.56. The monoisotopic (exact) mass is 323 g/mol. The Kier molecular flexibility index (Phi) is 4.16. The molecule has 2 heterocycles. The molecule has 0 unspecified atom stereocenters. The zero-order valence-electron chi connectivity index (χ0n) is 10.9. The maximum atomic E-state index is 4.77. The maximum absolute atomic E-state index is 4.77. The Labute approximate surface area is 119 Å². The highest BCUT2D eigenvalue weighted by atomic mass is 79.9. The number of pyridine rings is 1. The summed E-state index contributed by atoms with van der Waals surface area (Å²) in [6, 6.07) is 3.80. The quantitative estimate of drug-likeness (QED) is 0.494. The van der Waals surface area contributed by atoms with E-state index in [0.717, 1.165) is 21.8 Å². The van der Waals surface area contributed by atoms with Crippen LogP contribution in [-0.2, 0) is 4.84 Å². The van der Waals surface area contributed by atoms with Gasteiger partial charge in [0.25, 0.3) is 0 Å². The predicted molar refractivity (Wildman–Crippen MR) is 77.6 cm³/mol. The normalized spacial score (nSPS) is 11.5. The average Bonchev–Trinajstić information content (AvgIpc) is 2.81. The third-order valence-electron chi connectivity index (χ3n) is 2.63. The number of amidine groups is 1. The lowest BCUT2D eigenvalue weighted by Gasteiger charge is -2.15. The lowest BCUT2D eigenvalue weighted by atomic mass is 10.4. The van der Waals surface area contributed by atoms with Crippen LogP contribution in [0.3, 0.4) is 0 Å². The van der Waals surface area contributed by atoms with Gasteiger partial charge in [-0.05, 0) is 35.0 Å². The smallest absolute Gasteiger partial charge is 0.152 e. The first-order chi connectivity index (χ1) is 9.13. The molecular weight excluding hydrogens is 310 g/mol. The van der Waals surface area contributed by atoms with Gasteiger partial charge in [-0.25, -0.2) is 4.68 Å². The molecular formula is C12H14BrN5O. The molecule has 0 aliphatic carbocycles. The number of hydrogen-bond acceptors (Lipinski definition) is 4. The molecule has 0 aliphatic rings. The molecule has 0 fully saturated rings. The number of rotatable bonds is 3. The Balaban J connectivity index is 2.34. The van der Waals surface area contributed by atoms with E-state index in [1.165, 1.54) is 7.11 Å². The maximum Gasteiger partial charge on any atom is 0.152 e. The minimum atomic E-state index is 0.726. The lowest BCUT2D eigenvalue weighted by molar-refractivity contribution is 0.212. The van der Waals surface area contributed by atoms with E-state index in [2.05, 4.69) is 31.2 Å². The van der Waals surface area contributed by atoms with Crippen molar-refractivity contribution in [3.05, 3.63) is 35.3 Å². The molecule has 0 atom stereocenters. The van der Waals surface area contributed by atoms with Crippen LogP contribution in [0.15, 0.2) is 40.5 Å². The molecule has 0 saturated carbocycles. The average molecular weight is 324 g/mol. The fraction of sp³-hybridized carbons (Fsp3) is 0.250. The van der Waals surface area contributed by atoms with Gasteiger partial charge in [-0.15, -0.1) is 0 Å². The molecule has 0 aliphatic heterocycles. The second kappa shape index (κ2) is 5.83. The Morgan fingerprint density at radius 3 is 2.95 bits per heavy atom. The van der Waals surface area contributed by atoms with Gasteiger partial charge in [-0.3, -0.25) is 4.98 Å². The fourth-order valence-corrected chi connectivity index (χ4v) is 2.10. The molecule has 100 valence electrons. The van der Waals surface area contributed by atoms with Crippen LogP contribution in [0.25, 0.3) is 5.69 Å². The van der Waals surface area contributed by atoms with Gasteiger partial charge in [0.2, 0.25) is 0 Å². The summed E-state index contributed by atoms with van der Waals surface area (Å²) in [5, 5.41) is 8.30. The summed E-state index contributed by atoms with van der Waals surface area (Å²) in [5.74, 6) is 0.730. The Hall–Kier alpha value is -1.89. The van der Waals surface area contributed by atoms with Gasteiger partial charge < -0.3 is 9.74 Å². The van der Waals surface area contributed by atoms with E-state index < -0.39 is 0 Å². The second-order valence-corrected chi connectivity index (χ2v) is 4.59. The molecule has 7 heteroatoms. The van der Waals surface area contributed by atoms with Crippen LogP contribution < -0.4 is 4.90 Å². The lowest BCUT2D eigenvalue weighted by Crippen LogP contribution is -2.23. The highest BCUT2D eigenvalue weighted by Crippen LogP contribution is 2.25. The van der Waals surface area contributed by atoms with Crippen molar-refractivity contribution in [1.29, 1.82) is 0 Å². The number of nitrogens with zero attached hydrogens (tertiary/aromatic N) is 5. The molecule has 0 radical (unpaired) electrons. The molecule has 0 aromatic carbocycles. The van der Waals surface area contributed by atoms with Gasteiger partial charge in [-0.2, -0.15) is 5.10 Å². The van der Waals surface area contributed by atoms with Crippen LogP contribution in [0.4, 0.5) is 5.69 Å². The SMILES string of the molecule is CO/N=C(\C)N(C)c1cn(-c2cccnc2)nc1Br. The molecule has 19 heavy (non-hydrogen) atoms. The van der Waals surface area contributed by atoms with Crippen molar-refractivity contribution in [3.63, 3.8) is 0 Å². The molecule has 2 aromatic heterocycles. The summed E-state index contributed by atoms with van der Waals surface area (Å²) in [5.41, 5.74) is 1.78. The van der Waals surface area contributed by atoms with Crippen molar-refractivity contribution in [1.82, 2.24) is 14.8 Å². The van der Waals surface area contributed by atoms with Gasteiger partial charge in [0.1, 0.15) is 12.9 Å². The van der Waals surface area contributed by atoms with Crippen molar-refractivity contribution in [2.24, 2.45) is 5.16 Å². The van der Waals surface area contributed by atoms with Gasteiger partial charge in [0, 0.05) is 13.2 Å². The van der Waals surface area contributed by atoms with Crippen LogP contribution >= 0.6 is 15.9 Å². The molecule has 0 N–H and O–H groups in total. The zero-order chi connectivity index (χ0) is 13.8. The first-order valence-electron chi connectivity index (χ1n) is 5.60. The van der Waals surface area contributed by atoms with E-state index in [9.17, 15) is 0 Å². The summed E-state index contributed by atoms with van der Waals surface area (Å²) in [4.78, 5) is 10.7. The van der Waals surface area contributed by atoms with Crippen LogP contribution in [-0.4, -0.2) is 34.8 Å². The van der Waals surface area contributed by atoms with Crippen LogP contribution in [0.1, 0.15) is 6.92 Å². The zero-order valence-corrected chi connectivity index (χ0v) is 12.5. The molecule has 0 saturated heterocycles. The van der Waals surface area contributed by atoms with E-state index in [1.807, 2.05) is 37.2 Å². The predicted octanol–water partition coefficient (Wildman–Crippen LogP) is 2.45. The first-order valence-corrected chi connectivity index (χ1v) is 6.40. The van der Waals surface area contributed by atoms with Gasteiger partial charge in [-0.1, -0.05) is 5.16 Å². The summed E-state index contributed by atoms with van der Waals surface area (Å²) in [7, 11) is 3.42. The van der Waals surface area contributed by atoms with E-state index in [4.69, 9.17) is 4.84 Å². The standard InChI is InChI=1S/C12H14BrN5O/c1-9(16-19-3)17(2)11-8-18(15-12(11)13)10-5-4-6-14-7-10/h4-8H,1-3H3/b16-9+. The third kappa shape index (κ3) is 2.93. The van der Waals surface area contributed by atoms with Crippen LogP contribution in [0.5, 0.6) is 0 Å². The second-order valence-electron chi connectivity index (χ2n) is 3.84.